The number of esters is 1. The van der Waals surface area contributed by atoms with Crippen molar-refractivity contribution in [1.29, 1.82) is 0 Å². The first-order valence-corrected chi connectivity index (χ1v) is 7.55. The third kappa shape index (κ3) is 2.62. The summed E-state index contributed by atoms with van der Waals surface area (Å²) in [5, 5.41) is 10.2. The van der Waals surface area contributed by atoms with Gasteiger partial charge in [0.25, 0.3) is 0 Å². The van der Waals surface area contributed by atoms with Gasteiger partial charge >= 0.3 is 5.97 Å². The number of aliphatic hydroxyl groups is 1. The predicted octanol–water partition coefficient (Wildman–Crippen LogP) is 2.57. The summed E-state index contributed by atoms with van der Waals surface area (Å²) in [6.45, 7) is 1.71. The fourth-order valence-corrected chi connectivity index (χ4v) is 3.29. The standard InChI is InChI=1S/C16H20O5/c1-10-13-11(17)5-4-6-12(13)21-14(10)15(18)20-9-16(19)7-2-3-8-16/h19H,2-9H2,1H3. The third-order valence-electron chi connectivity index (χ3n) is 4.50. The predicted molar refractivity (Wildman–Crippen MR) is 74.4 cm³/mol. The first-order valence-electron chi connectivity index (χ1n) is 7.55. The average Bonchev–Trinajstić information content (AvgIpc) is 3.02. The van der Waals surface area contributed by atoms with E-state index < -0.39 is 11.6 Å². The smallest absolute Gasteiger partial charge is 0.374 e. The summed E-state index contributed by atoms with van der Waals surface area (Å²) in [5.41, 5.74) is 0.219. The van der Waals surface area contributed by atoms with Crippen molar-refractivity contribution in [3.05, 3.63) is 22.6 Å². The maximum absolute atomic E-state index is 12.2. The van der Waals surface area contributed by atoms with E-state index in [9.17, 15) is 14.7 Å². The summed E-state index contributed by atoms with van der Waals surface area (Å²) in [4.78, 5) is 24.1. The first-order chi connectivity index (χ1) is 10.0. The number of hydrogen-bond acceptors (Lipinski definition) is 5. The average molecular weight is 292 g/mol. The number of Topliss-reactive ketones (excluding diaryl/α,β-unsaturated/α-hetero) is 1. The Bertz CT molecular complexity index is 578. The lowest BCUT2D eigenvalue weighted by Crippen LogP contribution is -2.32. The van der Waals surface area contributed by atoms with Crippen LogP contribution in [0.5, 0.6) is 0 Å². The van der Waals surface area contributed by atoms with Gasteiger partial charge in [-0.15, -0.1) is 0 Å². The SMILES string of the molecule is Cc1c(C(=O)OCC2(O)CCCC2)oc2c1C(=O)CCC2. The minimum absolute atomic E-state index is 0.00934. The van der Waals surface area contributed by atoms with Crippen LogP contribution in [0.4, 0.5) is 0 Å². The number of furan rings is 1. The zero-order valence-corrected chi connectivity index (χ0v) is 12.2. The van der Waals surface area contributed by atoms with Gasteiger partial charge in [0.15, 0.2) is 5.78 Å². The molecule has 0 aromatic carbocycles. The van der Waals surface area contributed by atoms with Crippen LogP contribution in [0.25, 0.3) is 0 Å². The number of rotatable bonds is 3. The van der Waals surface area contributed by atoms with Crippen LogP contribution in [-0.2, 0) is 11.2 Å². The molecule has 0 spiro atoms. The van der Waals surface area contributed by atoms with Gasteiger partial charge in [0.2, 0.25) is 5.76 Å². The van der Waals surface area contributed by atoms with E-state index in [1.807, 2.05) is 0 Å². The highest BCUT2D eigenvalue weighted by molar-refractivity contribution is 6.02. The van der Waals surface area contributed by atoms with Gasteiger partial charge in [0.05, 0.1) is 11.2 Å². The molecule has 3 rings (SSSR count). The van der Waals surface area contributed by atoms with E-state index in [-0.39, 0.29) is 18.2 Å². The Kier molecular flexibility index (Phi) is 3.61. The third-order valence-corrected chi connectivity index (χ3v) is 4.50. The highest BCUT2D eigenvalue weighted by Gasteiger charge is 2.34. The van der Waals surface area contributed by atoms with E-state index in [4.69, 9.17) is 9.15 Å². The number of hydrogen-bond donors (Lipinski definition) is 1. The molecule has 1 fully saturated rings. The number of aryl methyl sites for hydroxylation is 1. The van der Waals surface area contributed by atoms with Gasteiger partial charge in [0, 0.05) is 18.4 Å². The van der Waals surface area contributed by atoms with Crippen LogP contribution in [0.3, 0.4) is 0 Å². The van der Waals surface area contributed by atoms with E-state index >= 15 is 0 Å². The van der Waals surface area contributed by atoms with Gasteiger partial charge in [-0.05, 0) is 26.2 Å². The van der Waals surface area contributed by atoms with Gasteiger partial charge in [-0.25, -0.2) is 4.79 Å². The van der Waals surface area contributed by atoms with Crippen molar-refractivity contribution in [2.45, 2.75) is 57.5 Å². The zero-order valence-electron chi connectivity index (χ0n) is 12.2. The fraction of sp³-hybridized carbons (Fsp3) is 0.625. The molecule has 114 valence electrons. The highest BCUT2D eigenvalue weighted by atomic mass is 16.6. The van der Waals surface area contributed by atoms with Crippen LogP contribution in [0.15, 0.2) is 4.42 Å². The van der Waals surface area contributed by atoms with Crippen molar-refractivity contribution in [1.82, 2.24) is 0 Å². The van der Waals surface area contributed by atoms with Crippen molar-refractivity contribution in [2.75, 3.05) is 6.61 Å². The molecule has 5 nitrogen and oxygen atoms in total. The van der Waals surface area contributed by atoms with Crippen LogP contribution in [0, 0.1) is 6.92 Å². The molecule has 2 aliphatic rings. The summed E-state index contributed by atoms with van der Waals surface area (Å²) in [6.07, 6.45) is 5.17. The number of fused-ring (bicyclic) bond motifs is 1. The van der Waals surface area contributed by atoms with Gasteiger partial charge in [0.1, 0.15) is 12.4 Å². The van der Waals surface area contributed by atoms with Gasteiger partial charge < -0.3 is 14.3 Å². The number of ketones is 1. The molecular formula is C16H20O5. The van der Waals surface area contributed by atoms with Gasteiger partial charge in [-0.2, -0.15) is 0 Å². The molecule has 1 heterocycles. The maximum Gasteiger partial charge on any atom is 0.374 e. The Hall–Kier alpha value is -1.62. The minimum atomic E-state index is -0.897. The lowest BCUT2D eigenvalue weighted by molar-refractivity contribution is -0.0291. The van der Waals surface area contributed by atoms with Crippen molar-refractivity contribution >= 4 is 11.8 Å². The second-order valence-electron chi connectivity index (χ2n) is 6.14. The van der Waals surface area contributed by atoms with E-state index in [0.29, 0.717) is 42.6 Å². The van der Waals surface area contributed by atoms with Crippen LogP contribution in [-0.4, -0.2) is 29.1 Å². The highest BCUT2D eigenvalue weighted by Crippen LogP contribution is 2.32. The number of carbonyl (C=O) groups excluding carboxylic acids is 2. The van der Waals surface area contributed by atoms with E-state index in [1.165, 1.54) is 0 Å². The second-order valence-corrected chi connectivity index (χ2v) is 6.14. The van der Waals surface area contributed by atoms with Crippen LogP contribution in [0.2, 0.25) is 0 Å². The minimum Gasteiger partial charge on any atom is -0.457 e. The lowest BCUT2D eigenvalue weighted by atomic mass is 9.94. The molecule has 21 heavy (non-hydrogen) atoms. The van der Waals surface area contributed by atoms with Crippen molar-refractivity contribution in [3.8, 4) is 0 Å². The Morgan fingerprint density at radius 1 is 1.29 bits per heavy atom. The molecular weight excluding hydrogens is 272 g/mol. The van der Waals surface area contributed by atoms with Crippen molar-refractivity contribution < 1.29 is 23.8 Å². The van der Waals surface area contributed by atoms with Crippen LogP contribution in [0.1, 0.15) is 70.8 Å². The Balaban J connectivity index is 1.75. The number of carbonyl (C=O) groups is 2. The molecule has 0 saturated heterocycles. The summed E-state index contributed by atoms with van der Waals surface area (Å²) >= 11 is 0. The number of ether oxygens (including phenoxy) is 1. The molecule has 1 aromatic rings. The molecule has 1 saturated carbocycles. The Morgan fingerprint density at radius 2 is 2.00 bits per heavy atom. The van der Waals surface area contributed by atoms with Crippen LogP contribution < -0.4 is 0 Å². The molecule has 0 bridgehead atoms. The van der Waals surface area contributed by atoms with Gasteiger partial charge in [-0.3, -0.25) is 4.79 Å². The summed E-state index contributed by atoms with van der Waals surface area (Å²) in [5.74, 6) is 0.146. The first kappa shape index (κ1) is 14.3. The topological polar surface area (TPSA) is 76.7 Å². The molecule has 0 amide bonds. The zero-order chi connectivity index (χ0) is 15.0. The van der Waals surface area contributed by atoms with Gasteiger partial charge in [-0.1, -0.05) is 12.8 Å². The molecule has 0 aliphatic heterocycles. The van der Waals surface area contributed by atoms with E-state index in [2.05, 4.69) is 0 Å². The Labute approximate surface area is 123 Å². The van der Waals surface area contributed by atoms with E-state index in [1.54, 1.807) is 6.92 Å². The molecule has 0 atom stereocenters. The van der Waals surface area contributed by atoms with E-state index in [0.717, 1.165) is 19.3 Å². The van der Waals surface area contributed by atoms with Crippen LogP contribution >= 0.6 is 0 Å². The fourth-order valence-electron chi connectivity index (χ4n) is 3.29. The maximum atomic E-state index is 12.2. The van der Waals surface area contributed by atoms with Crippen molar-refractivity contribution in [3.63, 3.8) is 0 Å². The Morgan fingerprint density at radius 3 is 2.67 bits per heavy atom. The largest absolute Gasteiger partial charge is 0.457 e. The molecule has 1 aromatic heterocycles. The summed E-state index contributed by atoms with van der Waals surface area (Å²) < 4.78 is 10.8. The second kappa shape index (κ2) is 5.30. The molecule has 0 unspecified atom stereocenters. The quantitative estimate of drug-likeness (QED) is 0.866. The molecule has 5 heteroatoms. The molecule has 2 aliphatic carbocycles. The molecule has 1 N–H and O–H groups in total. The summed E-state index contributed by atoms with van der Waals surface area (Å²) in [6, 6.07) is 0. The lowest BCUT2D eigenvalue weighted by Gasteiger charge is -2.21. The normalized spacial score (nSPS) is 20.4. The molecule has 0 radical (unpaired) electrons. The monoisotopic (exact) mass is 292 g/mol. The summed E-state index contributed by atoms with van der Waals surface area (Å²) in [7, 11) is 0. The van der Waals surface area contributed by atoms with Crippen molar-refractivity contribution in [2.24, 2.45) is 0 Å².